The predicted octanol–water partition coefficient (Wildman–Crippen LogP) is 3.09. The predicted molar refractivity (Wildman–Crippen MR) is 99.2 cm³/mol. The van der Waals surface area contributed by atoms with Crippen LogP contribution >= 0.6 is 23.5 Å². The van der Waals surface area contributed by atoms with Crippen LogP contribution in [0, 0.1) is 5.92 Å². The Morgan fingerprint density at radius 1 is 1.29 bits per heavy atom. The molecule has 2 aromatic rings. The maximum atomic E-state index is 12.8. The number of β-amino-alcohol motifs (C(OH)–C–C–N with tert-alkyl or cyclic N) is 1. The van der Waals surface area contributed by atoms with Crippen LogP contribution in [0.2, 0.25) is 0 Å². The number of carbonyl (C=O) groups is 1. The lowest BCUT2D eigenvalue weighted by molar-refractivity contribution is -0.140. The average Bonchev–Trinajstić information content (AvgIpc) is 3.21. The van der Waals surface area contributed by atoms with Gasteiger partial charge in [-0.1, -0.05) is 18.2 Å². The van der Waals surface area contributed by atoms with E-state index in [-0.39, 0.29) is 22.6 Å². The van der Waals surface area contributed by atoms with Crippen molar-refractivity contribution >= 4 is 40.3 Å². The SMILES string of the molecule is O=C1C[C@H]2C[C@H](c3c([nH]c4ccccc34)C23SCCS3)N1CCO. The van der Waals surface area contributed by atoms with E-state index in [0.717, 1.165) is 17.9 Å². The molecule has 6 heteroatoms. The number of fused-ring (bicyclic) bond motifs is 8. The second kappa shape index (κ2) is 5.44. The van der Waals surface area contributed by atoms with Gasteiger partial charge in [-0.15, -0.1) is 23.5 Å². The molecule has 2 saturated heterocycles. The summed E-state index contributed by atoms with van der Waals surface area (Å²) in [6, 6.07) is 8.54. The largest absolute Gasteiger partial charge is 0.395 e. The lowest BCUT2D eigenvalue weighted by Gasteiger charge is -2.50. The summed E-state index contributed by atoms with van der Waals surface area (Å²) in [7, 11) is 0. The number of nitrogens with zero attached hydrogens (tertiary/aromatic N) is 1. The molecule has 2 bridgehead atoms. The van der Waals surface area contributed by atoms with Crippen molar-refractivity contribution in [2.45, 2.75) is 23.0 Å². The molecule has 1 aromatic heterocycles. The summed E-state index contributed by atoms with van der Waals surface area (Å²) in [4.78, 5) is 18.4. The number of aromatic amines is 1. The van der Waals surface area contributed by atoms with Crippen LogP contribution in [-0.2, 0) is 8.87 Å². The van der Waals surface area contributed by atoms with Crippen LogP contribution in [0.1, 0.15) is 30.1 Å². The number of thioether (sulfide) groups is 2. The number of likely N-dealkylation sites (tertiary alicyclic amines) is 1. The van der Waals surface area contributed by atoms with Crippen LogP contribution in [0.15, 0.2) is 24.3 Å². The number of aliphatic hydroxyl groups excluding tert-OH is 1. The van der Waals surface area contributed by atoms with E-state index < -0.39 is 0 Å². The summed E-state index contributed by atoms with van der Waals surface area (Å²) in [5, 5.41) is 10.7. The number of H-pyrrole nitrogens is 1. The molecule has 3 heterocycles. The number of amides is 1. The molecule has 1 amide bonds. The van der Waals surface area contributed by atoms with Crippen molar-refractivity contribution in [3.05, 3.63) is 35.5 Å². The van der Waals surface area contributed by atoms with Gasteiger partial charge in [-0.2, -0.15) is 0 Å². The van der Waals surface area contributed by atoms with Crippen LogP contribution in [0.25, 0.3) is 10.9 Å². The number of rotatable bonds is 2. The fourth-order valence-electron chi connectivity index (χ4n) is 4.73. The van der Waals surface area contributed by atoms with E-state index in [9.17, 15) is 9.90 Å². The van der Waals surface area contributed by atoms with Gasteiger partial charge in [-0.25, -0.2) is 0 Å². The third-order valence-corrected chi connectivity index (χ3v) is 9.36. The summed E-state index contributed by atoms with van der Waals surface area (Å²) in [6.07, 6.45) is 1.62. The molecule has 1 aromatic carbocycles. The maximum Gasteiger partial charge on any atom is 0.223 e. The minimum atomic E-state index is 0.00577. The Morgan fingerprint density at radius 3 is 2.88 bits per heavy atom. The van der Waals surface area contributed by atoms with Crippen molar-refractivity contribution in [1.82, 2.24) is 9.88 Å². The zero-order valence-corrected chi connectivity index (χ0v) is 15.0. The number of hydrogen-bond donors (Lipinski definition) is 2. The standard InChI is InChI=1S/C18H20N2O2S2/c21-6-5-20-14-9-11(10-15(20)22)18(23-7-8-24-18)17-16(14)12-3-1-2-4-13(12)19-17/h1-4,11,14,19,21H,5-10H2/t11-,14-/m1/s1. The summed E-state index contributed by atoms with van der Waals surface area (Å²) < 4.78 is 0.00577. The topological polar surface area (TPSA) is 56.3 Å². The van der Waals surface area contributed by atoms with E-state index in [1.807, 2.05) is 28.4 Å². The van der Waals surface area contributed by atoms with Crippen LogP contribution in [-0.4, -0.2) is 45.6 Å². The Labute approximate surface area is 149 Å². The maximum absolute atomic E-state index is 12.8. The Balaban J connectivity index is 1.77. The third kappa shape index (κ3) is 1.90. The van der Waals surface area contributed by atoms with Crippen molar-refractivity contribution in [2.24, 2.45) is 5.92 Å². The molecule has 1 spiro atoms. The van der Waals surface area contributed by atoms with Crippen LogP contribution in [0.3, 0.4) is 0 Å². The normalized spacial score (nSPS) is 27.9. The number of aromatic nitrogens is 1. The Hall–Kier alpha value is -1.11. The Morgan fingerprint density at radius 2 is 2.08 bits per heavy atom. The van der Waals surface area contributed by atoms with Crippen LogP contribution in [0.4, 0.5) is 0 Å². The minimum absolute atomic E-state index is 0.00577. The van der Waals surface area contributed by atoms with E-state index in [1.54, 1.807) is 0 Å². The molecule has 2 atom stereocenters. The average molecular weight is 361 g/mol. The van der Waals surface area contributed by atoms with Gasteiger partial charge in [-0.05, 0) is 18.4 Å². The zero-order chi connectivity index (χ0) is 16.3. The van der Waals surface area contributed by atoms with Gasteiger partial charge >= 0.3 is 0 Å². The number of piperidine rings is 1. The van der Waals surface area contributed by atoms with Crippen molar-refractivity contribution < 1.29 is 9.90 Å². The van der Waals surface area contributed by atoms with Crippen molar-refractivity contribution in [3.8, 4) is 0 Å². The molecule has 1 aliphatic carbocycles. The van der Waals surface area contributed by atoms with Gasteiger partial charge in [0.1, 0.15) is 4.08 Å². The molecule has 5 rings (SSSR count). The molecule has 4 nitrogen and oxygen atoms in total. The highest BCUT2D eigenvalue weighted by Crippen LogP contribution is 2.65. The molecule has 24 heavy (non-hydrogen) atoms. The first-order chi connectivity index (χ1) is 11.7. The summed E-state index contributed by atoms with van der Waals surface area (Å²) >= 11 is 4.04. The molecule has 126 valence electrons. The smallest absolute Gasteiger partial charge is 0.223 e. The van der Waals surface area contributed by atoms with E-state index in [1.165, 1.54) is 22.2 Å². The van der Waals surface area contributed by atoms with E-state index in [2.05, 4.69) is 29.2 Å². The second-order valence-corrected chi connectivity index (χ2v) is 9.73. The fraction of sp³-hybridized carbons (Fsp3) is 0.500. The molecular formula is C18H20N2O2S2. The summed E-state index contributed by atoms with van der Waals surface area (Å²) in [6.45, 7) is 0.460. The van der Waals surface area contributed by atoms with Crippen molar-refractivity contribution in [3.63, 3.8) is 0 Å². The number of para-hydroxylation sites is 1. The van der Waals surface area contributed by atoms with E-state index >= 15 is 0 Å². The molecule has 3 aliphatic rings. The highest BCUT2D eigenvalue weighted by Gasteiger charge is 2.56. The van der Waals surface area contributed by atoms with Gasteiger partial charge in [0.2, 0.25) is 5.91 Å². The first-order valence-corrected chi connectivity index (χ1v) is 10.5. The minimum Gasteiger partial charge on any atom is -0.395 e. The highest BCUT2D eigenvalue weighted by atomic mass is 32.2. The summed E-state index contributed by atoms with van der Waals surface area (Å²) in [5.74, 6) is 2.88. The van der Waals surface area contributed by atoms with E-state index in [4.69, 9.17) is 0 Å². The monoisotopic (exact) mass is 360 g/mol. The Kier molecular flexibility index (Phi) is 3.44. The second-order valence-electron chi connectivity index (χ2n) is 6.79. The Bertz CT molecular complexity index is 812. The number of carbonyl (C=O) groups excluding carboxylic acids is 1. The molecule has 0 radical (unpaired) electrons. The van der Waals surface area contributed by atoms with Gasteiger partial charge in [0.25, 0.3) is 0 Å². The molecular weight excluding hydrogens is 340 g/mol. The lowest BCUT2D eigenvalue weighted by atomic mass is 9.76. The molecule has 0 unspecified atom stereocenters. The van der Waals surface area contributed by atoms with Gasteiger partial charge in [-0.3, -0.25) is 4.79 Å². The fourth-order valence-corrected chi connectivity index (χ4v) is 8.28. The first kappa shape index (κ1) is 15.2. The van der Waals surface area contributed by atoms with Crippen LogP contribution in [0.5, 0.6) is 0 Å². The summed E-state index contributed by atoms with van der Waals surface area (Å²) in [5.41, 5.74) is 3.79. The van der Waals surface area contributed by atoms with E-state index in [0.29, 0.717) is 18.9 Å². The highest BCUT2D eigenvalue weighted by molar-refractivity contribution is 8.20. The first-order valence-electron chi connectivity index (χ1n) is 8.54. The molecule has 2 N–H and O–H groups in total. The number of benzene rings is 1. The zero-order valence-electron chi connectivity index (χ0n) is 13.3. The molecule has 0 saturated carbocycles. The molecule has 2 fully saturated rings. The number of hydrogen-bond acceptors (Lipinski definition) is 4. The van der Waals surface area contributed by atoms with Crippen molar-refractivity contribution in [2.75, 3.05) is 24.7 Å². The third-order valence-electron chi connectivity index (χ3n) is 5.65. The van der Waals surface area contributed by atoms with Gasteiger partial charge < -0.3 is 15.0 Å². The van der Waals surface area contributed by atoms with Gasteiger partial charge in [0.05, 0.1) is 12.6 Å². The lowest BCUT2D eigenvalue weighted by Crippen LogP contribution is -2.50. The quantitative estimate of drug-likeness (QED) is 0.864. The van der Waals surface area contributed by atoms with Gasteiger partial charge in [0, 0.05) is 46.6 Å². The molecule has 2 aliphatic heterocycles. The number of nitrogens with one attached hydrogen (secondary N) is 1. The van der Waals surface area contributed by atoms with Gasteiger partial charge in [0.15, 0.2) is 0 Å². The van der Waals surface area contributed by atoms with Crippen molar-refractivity contribution in [1.29, 1.82) is 0 Å². The number of aliphatic hydroxyl groups is 1. The van der Waals surface area contributed by atoms with Crippen LogP contribution < -0.4 is 0 Å².